The molecule has 0 aromatic heterocycles. The Kier molecular flexibility index (Phi) is 6.17. The van der Waals surface area contributed by atoms with E-state index in [1.54, 1.807) is 0 Å². The molecule has 0 aliphatic rings. The van der Waals surface area contributed by atoms with Crippen LogP contribution < -0.4 is 5.32 Å². The summed E-state index contributed by atoms with van der Waals surface area (Å²) < 4.78 is 0. The number of rotatable bonds is 5. The van der Waals surface area contributed by atoms with E-state index in [0.717, 1.165) is 6.42 Å². The molecule has 0 aromatic rings. The maximum absolute atomic E-state index is 11.0. The highest BCUT2D eigenvalue weighted by Gasteiger charge is 2.13. The zero-order valence-corrected chi connectivity index (χ0v) is 8.82. The van der Waals surface area contributed by atoms with Crippen molar-refractivity contribution in [1.82, 2.24) is 5.32 Å². The predicted molar refractivity (Wildman–Crippen MR) is 52.4 cm³/mol. The zero-order chi connectivity index (χ0) is 9.56. The van der Waals surface area contributed by atoms with Crippen LogP contribution in [0.1, 0.15) is 33.6 Å². The van der Waals surface area contributed by atoms with Crippen molar-refractivity contribution in [2.45, 2.75) is 39.7 Å². The Hall–Kier alpha value is -0.240. The molecule has 0 rings (SSSR count). The molecule has 72 valence electrons. The molecule has 3 heteroatoms. The minimum atomic E-state index is 0.110. The fourth-order valence-corrected chi connectivity index (χ4v) is 1.23. The van der Waals surface area contributed by atoms with Gasteiger partial charge in [-0.2, -0.15) is 0 Å². The first kappa shape index (κ1) is 11.8. The highest BCUT2D eigenvalue weighted by atomic mass is 35.5. The standard InChI is InChI=1S/C9H18ClNO/c1-4-9(12)11-8(5-6-10)7(2)3/h7-8H,4-6H2,1-3H3,(H,11,12). The largest absolute Gasteiger partial charge is 0.353 e. The average molecular weight is 192 g/mol. The summed E-state index contributed by atoms with van der Waals surface area (Å²) in [6.07, 6.45) is 1.40. The third-order valence-corrected chi connectivity index (χ3v) is 2.11. The normalized spacial score (nSPS) is 13.1. The first-order valence-electron chi connectivity index (χ1n) is 4.47. The number of hydrogen-bond donors (Lipinski definition) is 1. The molecule has 0 aliphatic carbocycles. The number of hydrogen-bond acceptors (Lipinski definition) is 1. The summed E-state index contributed by atoms with van der Waals surface area (Å²) in [4.78, 5) is 11.0. The summed E-state index contributed by atoms with van der Waals surface area (Å²) in [5.41, 5.74) is 0. The molecule has 0 saturated carbocycles. The maximum atomic E-state index is 11.0. The van der Waals surface area contributed by atoms with Crippen molar-refractivity contribution in [2.75, 3.05) is 5.88 Å². The van der Waals surface area contributed by atoms with E-state index >= 15 is 0 Å². The van der Waals surface area contributed by atoms with Gasteiger partial charge in [-0.1, -0.05) is 20.8 Å². The van der Waals surface area contributed by atoms with Gasteiger partial charge >= 0.3 is 0 Å². The molecule has 2 nitrogen and oxygen atoms in total. The number of carbonyl (C=O) groups is 1. The number of nitrogens with one attached hydrogen (secondary N) is 1. The lowest BCUT2D eigenvalue weighted by atomic mass is 10.0. The van der Waals surface area contributed by atoms with E-state index in [-0.39, 0.29) is 11.9 Å². The summed E-state index contributed by atoms with van der Waals surface area (Å²) in [6.45, 7) is 6.04. The summed E-state index contributed by atoms with van der Waals surface area (Å²) in [7, 11) is 0. The van der Waals surface area contributed by atoms with Crippen molar-refractivity contribution in [1.29, 1.82) is 0 Å². The zero-order valence-electron chi connectivity index (χ0n) is 8.06. The fourth-order valence-electron chi connectivity index (χ4n) is 0.999. The highest BCUT2D eigenvalue weighted by molar-refractivity contribution is 6.17. The fraction of sp³-hybridized carbons (Fsp3) is 0.889. The quantitative estimate of drug-likeness (QED) is 0.664. The van der Waals surface area contributed by atoms with Gasteiger partial charge < -0.3 is 5.32 Å². The molecule has 1 amide bonds. The number of carbonyl (C=O) groups excluding carboxylic acids is 1. The van der Waals surface area contributed by atoms with E-state index in [1.807, 2.05) is 6.92 Å². The van der Waals surface area contributed by atoms with Crippen LogP contribution in [0.3, 0.4) is 0 Å². The van der Waals surface area contributed by atoms with E-state index in [4.69, 9.17) is 11.6 Å². The van der Waals surface area contributed by atoms with Crippen molar-refractivity contribution in [3.63, 3.8) is 0 Å². The minimum absolute atomic E-state index is 0.110. The van der Waals surface area contributed by atoms with E-state index in [2.05, 4.69) is 19.2 Å². The number of halogens is 1. The van der Waals surface area contributed by atoms with E-state index in [0.29, 0.717) is 18.2 Å². The molecule has 1 unspecified atom stereocenters. The van der Waals surface area contributed by atoms with E-state index in [1.165, 1.54) is 0 Å². The van der Waals surface area contributed by atoms with Crippen molar-refractivity contribution >= 4 is 17.5 Å². The van der Waals surface area contributed by atoms with Gasteiger partial charge in [-0.3, -0.25) is 4.79 Å². The SMILES string of the molecule is CCC(=O)NC(CCCl)C(C)C. The number of amides is 1. The molecule has 1 N–H and O–H groups in total. The van der Waals surface area contributed by atoms with Crippen molar-refractivity contribution in [3.8, 4) is 0 Å². The molecule has 0 radical (unpaired) electrons. The van der Waals surface area contributed by atoms with Gasteiger partial charge in [0, 0.05) is 18.3 Å². The Morgan fingerprint density at radius 2 is 2.08 bits per heavy atom. The molecule has 12 heavy (non-hydrogen) atoms. The third-order valence-electron chi connectivity index (χ3n) is 1.89. The van der Waals surface area contributed by atoms with Gasteiger partial charge in [0.05, 0.1) is 0 Å². The lowest BCUT2D eigenvalue weighted by Crippen LogP contribution is -2.38. The second kappa shape index (κ2) is 6.30. The van der Waals surface area contributed by atoms with Crippen molar-refractivity contribution in [2.24, 2.45) is 5.92 Å². The Balaban J connectivity index is 3.86. The number of alkyl halides is 1. The monoisotopic (exact) mass is 191 g/mol. The second-order valence-electron chi connectivity index (χ2n) is 3.25. The van der Waals surface area contributed by atoms with E-state index in [9.17, 15) is 4.79 Å². The summed E-state index contributed by atoms with van der Waals surface area (Å²) in [5, 5.41) is 2.94. The van der Waals surface area contributed by atoms with Crippen LogP contribution in [0.15, 0.2) is 0 Å². The van der Waals surface area contributed by atoms with Gasteiger partial charge in [0.1, 0.15) is 0 Å². The summed E-state index contributed by atoms with van der Waals surface area (Å²) in [6, 6.07) is 0.231. The average Bonchev–Trinajstić information content (AvgIpc) is 2.03. The lowest BCUT2D eigenvalue weighted by molar-refractivity contribution is -0.121. The second-order valence-corrected chi connectivity index (χ2v) is 3.63. The van der Waals surface area contributed by atoms with Gasteiger partial charge in [0.15, 0.2) is 0 Å². The first-order chi connectivity index (χ1) is 5.61. The Morgan fingerprint density at radius 1 is 1.50 bits per heavy atom. The minimum Gasteiger partial charge on any atom is -0.353 e. The molecular formula is C9H18ClNO. The molecule has 0 aromatic carbocycles. The van der Waals surface area contributed by atoms with Crippen molar-refractivity contribution in [3.05, 3.63) is 0 Å². The molecule has 0 fully saturated rings. The molecule has 0 aliphatic heterocycles. The smallest absolute Gasteiger partial charge is 0.219 e. The van der Waals surface area contributed by atoms with Gasteiger partial charge in [0.2, 0.25) is 5.91 Å². The van der Waals surface area contributed by atoms with Gasteiger partial charge in [-0.25, -0.2) is 0 Å². The van der Waals surface area contributed by atoms with Crippen LogP contribution in [0.5, 0.6) is 0 Å². The Labute approximate surface area is 79.7 Å². The molecule has 1 atom stereocenters. The Morgan fingerprint density at radius 3 is 2.42 bits per heavy atom. The van der Waals surface area contributed by atoms with Crippen LogP contribution in [-0.2, 0) is 4.79 Å². The first-order valence-corrected chi connectivity index (χ1v) is 5.00. The van der Waals surface area contributed by atoms with Crippen LogP contribution in [0, 0.1) is 5.92 Å². The molecule has 0 saturated heterocycles. The molecular weight excluding hydrogens is 174 g/mol. The summed E-state index contributed by atoms with van der Waals surface area (Å²) in [5.74, 6) is 1.17. The van der Waals surface area contributed by atoms with Crippen LogP contribution >= 0.6 is 11.6 Å². The molecule has 0 spiro atoms. The molecule has 0 heterocycles. The van der Waals surface area contributed by atoms with Gasteiger partial charge in [-0.05, 0) is 12.3 Å². The third kappa shape index (κ3) is 4.60. The lowest BCUT2D eigenvalue weighted by Gasteiger charge is -2.20. The maximum Gasteiger partial charge on any atom is 0.219 e. The van der Waals surface area contributed by atoms with Crippen LogP contribution in [0.4, 0.5) is 0 Å². The van der Waals surface area contributed by atoms with E-state index < -0.39 is 0 Å². The molecule has 0 bridgehead atoms. The Bertz CT molecular complexity index is 136. The van der Waals surface area contributed by atoms with Crippen LogP contribution in [-0.4, -0.2) is 17.8 Å². The predicted octanol–water partition coefficient (Wildman–Crippen LogP) is 2.17. The summed E-state index contributed by atoms with van der Waals surface area (Å²) >= 11 is 5.62. The topological polar surface area (TPSA) is 29.1 Å². The highest BCUT2D eigenvalue weighted by Crippen LogP contribution is 2.07. The van der Waals surface area contributed by atoms with Crippen LogP contribution in [0.2, 0.25) is 0 Å². The van der Waals surface area contributed by atoms with Crippen LogP contribution in [0.25, 0.3) is 0 Å². The van der Waals surface area contributed by atoms with Gasteiger partial charge in [0.25, 0.3) is 0 Å². The van der Waals surface area contributed by atoms with Gasteiger partial charge in [-0.15, -0.1) is 11.6 Å². The van der Waals surface area contributed by atoms with Crippen molar-refractivity contribution < 1.29 is 4.79 Å².